The number of aryl methyl sites for hydroxylation is 1. The second kappa shape index (κ2) is 7.13. The molecule has 1 rings (SSSR count). The third kappa shape index (κ3) is 5.55. The summed E-state index contributed by atoms with van der Waals surface area (Å²) in [7, 11) is 1.53. The lowest BCUT2D eigenvalue weighted by molar-refractivity contribution is -0.127. The van der Waals surface area contributed by atoms with E-state index >= 15 is 0 Å². The molecule has 0 radical (unpaired) electrons. The van der Waals surface area contributed by atoms with Crippen LogP contribution in [0.15, 0.2) is 23.1 Å². The van der Waals surface area contributed by atoms with Crippen LogP contribution in [0.2, 0.25) is 0 Å². The van der Waals surface area contributed by atoms with E-state index in [1.807, 2.05) is 13.8 Å². The Morgan fingerprint density at radius 2 is 1.95 bits per heavy atom. The van der Waals surface area contributed by atoms with Crippen LogP contribution in [0.1, 0.15) is 26.3 Å². The highest BCUT2D eigenvalue weighted by atomic mass is 35.7. The number of amides is 1. The number of ether oxygens (including phenoxy) is 1. The van der Waals surface area contributed by atoms with Crippen molar-refractivity contribution in [2.45, 2.75) is 38.7 Å². The van der Waals surface area contributed by atoms with Gasteiger partial charge in [0.15, 0.2) is 6.10 Å². The number of hydrogen-bond acceptors (Lipinski definition) is 4. The average molecular weight is 334 g/mol. The zero-order chi connectivity index (χ0) is 16.2. The van der Waals surface area contributed by atoms with Gasteiger partial charge >= 0.3 is 0 Å². The van der Waals surface area contributed by atoms with Crippen LogP contribution in [-0.2, 0) is 13.8 Å². The minimum absolute atomic E-state index is 0.0356. The van der Waals surface area contributed by atoms with Gasteiger partial charge in [-0.3, -0.25) is 4.79 Å². The van der Waals surface area contributed by atoms with Crippen LogP contribution in [0.3, 0.4) is 0 Å². The fourth-order valence-corrected chi connectivity index (χ4v) is 2.87. The minimum atomic E-state index is -3.78. The number of carbonyl (C=O) groups is 1. The van der Waals surface area contributed by atoms with E-state index < -0.39 is 15.2 Å². The Balaban J connectivity index is 2.76. The van der Waals surface area contributed by atoms with Gasteiger partial charge in [-0.1, -0.05) is 13.8 Å². The van der Waals surface area contributed by atoms with Gasteiger partial charge < -0.3 is 10.1 Å². The molecule has 1 amide bonds. The van der Waals surface area contributed by atoms with Gasteiger partial charge in [0.1, 0.15) is 5.75 Å². The summed E-state index contributed by atoms with van der Waals surface area (Å²) in [5.74, 6) is 0.566. The molecule has 1 aromatic carbocycles. The predicted octanol–water partition coefficient (Wildman–Crippen LogP) is 2.46. The fourth-order valence-electron chi connectivity index (χ4n) is 1.67. The SMILES string of the molecule is Cc1cc(OC(C)C(=O)NCC(C)C)ccc1S(=O)(=O)Cl. The van der Waals surface area contributed by atoms with Crippen molar-refractivity contribution in [1.29, 1.82) is 0 Å². The lowest BCUT2D eigenvalue weighted by Gasteiger charge is -2.16. The summed E-state index contributed by atoms with van der Waals surface area (Å²) in [6.45, 7) is 7.83. The van der Waals surface area contributed by atoms with E-state index in [1.54, 1.807) is 19.9 Å². The number of carbonyl (C=O) groups excluding carboxylic acids is 1. The Bertz CT molecular complexity index is 613. The molecule has 1 unspecified atom stereocenters. The lowest BCUT2D eigenvalue weighted by atomic mass is 10.2. The van der Waals surface area contributed by atoms with Crippen LogP contribution >= 0.6 is 10.7 Å². The number of hydrogen-bond donors (Lipinski definition) is 1. The van der Waals surface area contributed by atoms with E-state index in [0.29, 0.717) is 23.8 Å². The molecule has 0 aliphatic rings. The molecule has 0 bridgehead atoms. The zero-order valence-electron chi connectivity index (χ0n) is 12.5. The van der Waals surface area contributed by atoms with E-state index in [1.165, 1.54) is 12.1 Å². The van der Waals surface area contributed by atoms with E-state index in [0.717, 1.165) is 0 Å². The molecule has 1 N–H and O–H groups in total. The van der Waals surface area contributed by atoms with Crippen LogP contribution < -0.4 is 10.1 Å². The summed E-state index contributed by atoms with van der Waals surface area (Å²) in [6, 6.07) is 4.39. The van der Waals surface area contributed by atoms with Gasteiger partial charge in [0, 0.05) is 17.2 Å². The molecule has 0 saturated carbocycles. The third-order valence-electron chi connectivity index (χ3n) is 2.78. The Kier molecular flexibility index (Phi) is 6.04. The molecule has 0 fully saturated rings. The topological polar surface area (TPSA) is 72.5 Å². The second-order valence-electron chi connectivity index (χ2n) is 5.26. The summed E-state index contributed by atoms with van der Waals surface area (Å²) in [5, 5.41) is 2.77. The molecule has 7 heteroatoms. The summed E-state index contributed by atoms with van der Waals surface area (Å²) in [5.41, 5.74) is 0.470. The first-order valence-corrected chi connectivity index (χ1v) is 8.92. The number of nitrogens with one attached hydrogen (secondary N) is 1. The van der Waals surface area contributed by atoms with Gasteiger partial charge in [0.25, 0.3) is 15.0 Å². The number of benzene rings is 1. The average Bonchev–Trinajstić information content (AvgIpc) is 2.34. The zero-order valence-corrected chi connectivity index (χ0v) is 14.1. The highest BCUT2D eigenvalue weighted by molar-refractivity contribution is 8.13. The van der Waals surface area contributed by atoms with E-state index in [2.05, 4.69) is 5.32 Å². The second-order valence-corrected chi connectivity index (χ2v) is 7.80. The van der Waals surface area contributed by atoms with Crippen molar-refractivity contribution in [2.75, 3.05) is 6.54 Å². The highest BCUT2D eigenvalue weighted by Crippen LogP contribution is 2.24. The molecule has 1 atom stereocenters. The molecule has 118 valence electrons. The largest absolute Gasteiger partial charge is 0.481 e. The number of rotatable bonds is 6. The molecular weight excluding hydrogens is 314 g/mol. The van der Waals surface area contributed by atoms with Crippen molar-refractivity contribution < 1.29 is 17.9 Å². The van der Waals surface area contributed by atoms with E-state index in [9.17, 15) is 13.2 Å². The molecule has 0 aliphatic carbocycles. The smallest absolute Gasteiger partial charge is 0.261 e. The Labute approximate surface area is 130 Å². The van der Waals surface area contributed by atoms with Crippen LogP contribution in [0.4, 0.5) is 0 Å². The standard InChI is InChI=1S/C14H20ClNO4S/c1-9(2)8-16-14(17)11(4)20-12-5-6-13(10(3)7-12)21(15,18)19/h5-7,9,11H,8H2,1-4H3,(H,16,17). The van der Waals surface area contributed by atoms with Gasteiger partial charge in [0.05, 0.1) is 4.90 Å². The van der Waals surface area contributed by atoms with Crippen molar-refractivity contribution >= 4 is 25.6 Å². The molecule has 0 aliphatic heterocycles. The summed E-state index contributed by atoms with van der Waals surface area (Å²) < 4.78 is 28.1. The summed E-state index contributed by atoms with van der Waals surface area (Å²) >= 11 is 0. The van der Waals surface area contributed by atoms with Crippen molar-refractivity contribution in [3.8, 4) is 5.75 Å². The molecule has 1 aromatic rings. The predicted molar refractivity (Wildman–Crippen MR) is 82.2 cm³/mol. The summed E-state index contributed by atoms with van der Waals surface area (Å²) in [4.78, 5) is 11.8. The minimum Gasteiger partial charge on any atom is -0.481 e. The molecule has 21 heavy (non-hydrogen) atoms. The van der Waals surface area contributed by atoms with Gasteiger partial charge in [-0.25, -0.2) is 8.42 Å². The molecule has 0 spiro atoms. The van der Waals surface area contributed by atoms with E-state index in [4.69, 9.17) is 15.4 Å². The lowest BCUT2D eigenvalue weighted by Crippen LogP contribution is -2.38. The monoisotopic (exact) mass is 333 g/mol. The fraction of sp³-hybridized carbons (Fsp3) is 0.500. The van der Waals surface area contributed by atoms with Gasteiger partial charge in [-0.05, 0) is 43.5 Å². The first kappa shape index (κ1) is 17.8. The maximum Gasteiger partial charge on any atom is 0.261 e. The Morgan fingerprint density at radius 1 is 1.33 bits per heavy atom. The Morgan fingerprint density at radius 3 is 2.43 bits per heavy atom. The molecular formula is C14H20ClNO4S. The van der Waals surface area contributed by atoms with Crippen molar-refractivity contribution in [2.24, 2.45) is 5.92 Å². The van der Waals surface area contributed by atoms with Crippen LogP contribution in [-0.4, -0.2) is 27.0 Å². The molecule has 0 heterocycles. The molecule has 0 saturated heterocycles. The number of halogens is 1. The molecule has 5 nitrogen and oxygen atoms in total. The van der Waals surface area contributed by atoms with Crippen molar-refractivity contribution in [3.05, 3.63) is 23.8 Å². The van der Waals surface area contributed by atoms with Crippen LogP contribution in [0.5, 0.6) is 5.75 Å². The quantitative estimate of drug-likeness (QED) is 0.812. The van der Waals surface area contributed by atoms with Gasteiger partial charge in [-0.15, -0.1) is 0 Å². The Hall–Kier alpha value is -1.27. The highest BCUT2D eigenvalue weighted by Gasteiger charge is 2.17. The first-order chi connectivity index (χ1) is 9.61. The third-order valence-corrected chi connectivity index (χ3v) is 4.26. The molecule has 0 aromatic heterocycles. The maximum atomic E-state index is 11.8. The van der Waals surface area contributed by atoms with E-state index in [-0.39, 0.29) is 10.8 Å². The van der Waals surface area contributed by atoms with Crippen LogP contribution in [0.25, 0.3) is 0 Å². The van der Waals surface area contributed by atoms with Gasteiger partial charge in [-0.2, -0.15) is 0 Å². The van der Waals surface area contributed by atoms with Crippen LogP contribution in [0, 0.1) is 12.8 Å². The first-order valence-electron chi connectivity index (χ1n) is 6.61. The maximum absolute atomic E-state index is 11.8. The normalized spacial score (nSPS) is 13.0. The van der Waals surface area contributed by atoms with Gasteiger partial charge in [0.2, 0.25) is 0 Å². The van der Waals surface area contributed by atoms with Crippen molar-refractivity contribution in [3.63, 3.8) is 0 Å². The summed E-state index contributed by atoms with van der Waals surface area (Å²) in [6.07, 6.45) is -0.665. The van der Waals surface area contributed by atoms with Crippen molar-refractivity contribution in [1.82, 2.24) is 5.32 Å².